The molecule has 0 heterocycles. The van der Waals surface area contributed by atoms with Crippen LogP contribution in [0.2, 0.25) is 0 Å². The van der Waals surface area contributed by atoms with Crippen LogP contribution in [0.3, 0.4) is 0 Å². The zero-order chi connectivity index (χ0) is 23.5. The molecule has 0 aliphatic rings. The molecule has 0 fully saturated rings. The van der Waals surface area contributed by atoms with Crippen molar-refractivity contribution < 1.29 is 19.4 Å². The molecule has 32 heavy (non-hydrogen) atoms. The minimum atomic E-state index is -1.78. The van der Waals surface area contributed by atoms with Gasteiger partial charge in [-0.25, -0.2) is 9.78 Å². The van der Waals surface area contributed by atoms with Crippen molar-refractivity contribution in [2.75, 3.05) is 6.61 Å². The topological polar surface area (TPSA) is 52.6 Å². The number of unbranched alkanes of at least 4 members (excludes halogenated alkanes) is 4. The molecule has 2 aromatic carbocycles. The van der Waals surface area contributed by atoms with Crippen molar-refractivity contribution in [2.24, 2.45) is 5.41 Å². The van der Waals surface area contributed by atoms with E-state index in [9.17, 15) is 9.59 Å². The minimum absolute atomic E-state index is 0.343. The number of hydrogen-bond donors (Lipinski definition) is 0. The average molecular weight is 439 g/mol. The molecular weight excluding hydrogens is 400 g/mol. The summed E-state index contributed by atoms with van der Waals surface area (Å²) >= 11 is 0. The van der Waals surface area contributed by atoms with E-state index in [1.807, 2.05) is 26.0 Å². The first kappa shape index (κ1) is 26.0. The normalized spacial score (nSPS) is 12.0. The number of ketones is 2. The first-order valence-electron chi connectivity index (χ1n) is 11.9. The van der Waals surface area contributed by atoms with Crippen LogP contribution in [0.15, 0.2) is 60.7 Å². The second kappa shape index (κ2) is 12.7. The minimum Gasteiger partial charge on any atom is -0.290 e. The van der Waals surface area contributed by atoms with E-state index in [4.69, 9.17) is 9.78 Å². The van der Waals surface area contributed by atoms with E-state index in [0.717, 1.165) is 38.5 Å². The molecular formula is C28H38O4. The summed E-state index contributed by atoms with van der Waals surface area (Å²) < 4.78 is 0. The third-order valence-electron chi connectivity index (χ3n) is 6.09. The highest BCUT2D eigenvalue weighted by Crippen LogP contribution is 2.44. The van der Waals surface area contributed by atoms with Gasteiger partial charge in [-0.1, -0.05) is 120 Å². The van der Waals surface area contributed by atoms with Crippen molar-refractivity contribution in [1.29, 1.82) is 0 Å². The molecule has 0 spiro atoms. The lowest BCUT2D eigenvalue weighted by atomic mass is 9.65. The molecule has 2 rings (SSSR count). The Morgan fingerprint density at radius 1 is 0.719 bits per heavy atom. The summed E-state index contributed by atoms with van der Waals surface area (Å²) in [7, 11) is 0. The second-order valence-corrected chi connectivity index (χ2v) is 9.02. The molecule has 0 atom stereocenters. The summed E-state index contributed by atoms with van der Waals surface area (Å²) in [5.74, 6) is -0.719. The summed E-state index contributed by atoms with van der Waals surface area (Å²) in [4.78, 5) is 39.7. The van der Waals surface area contributed by atoms with Crippen LogP contribution in [0.4, 0.5) is 0 Å². The summed E-state index contributed by atoms with van der Waals surface area (Å²) in [5.41, 5.74) is -1.69. The lowest BCUT2D eigenvalue weighted by molar-refractivity contribution is -0.351. The van der Waals surface area contributed by atoms with Crippen LogP contribution in [-0.2, 0) is 9.78 Å². The van der Waals surface area contributed by atoms with Crippen LogP contribution in [0.1, 0.15) is 93.4 Å². The highest BCUT2D eigenvalue weighted by atomic mass is 17.2. The van der Waals surface area contributed by atoms with E-state index in [2.05, 4.69) is 13.8 Å². The maximum absolute atomic E-state index is 14.0. The Bertz CT molecular complexity index is 776. The number of Topliss-reactive ketones (excluding diaryl/α,β-unsaturated/α-hetero) is 2. The van der Waals surface area contributed by atoms with E-state index < -0.39 is 11.0 Å². The van der Waals surface area contributed by atoms with Gasteiger partial charge in [0.15, 0.2) is 0 Å². The van der Waals surface area contributed by atoms with Crippen LogP contribution >= 0.6 is 0 Å². The van der Waals surface area contributed by atoms with Crippen LogP contribution in [0.5, 0.6) is 0 Å². The van der Waals surface area contributed by atoms with Gasteiger partial charge in [-0.05, 0) is 12.8 Å². The van der Waals surface area contributed by atoms with Gasteiger partial charge >= 0.3 is 0 Å². The third kappa shape index (κ3) is 6.14. The molecule has 4 heteroatoms. The van der Waals surface area contributed by atoms with Crippen molar-refractivity contribution in [3.8, 4) is 0 Å². The Kier molecular flexibility index (Phi) is 10.3. The van der Waals surface area contributed by atoms with E-state index in [1.165, 1.54) is 0 Å². The summed E-state index contributed by atoms with van der Waals surface area (Å²) in [5, 5.41) is 0. The molecule has 0 unspecified atom stereocenters. The quantitative estimate of drug-likeness (QED) is 0.0967. The van der Waals surface area contributed by atoms with Crippen LogP contribution < -0.4 is 0 Å². The zero-order valence-corrected chi connectivity index (χ0v) is 20.1. The smallest absolute Gasteiger partial charge is 0.233 e. The van der Waals surface area contributed by atoms with Gasteiger partial charge < -0.3 is 0 Å². The van der Waals surface area contributed by atoms with Crippen molar-refractivity contribution in [3.63, 3.8) is 0 Å². The van der Waals surface area contributed by atoms with E-state index >= 15 is 0 Å². The highest BCUT2D eigenvalue weighted by molar-refractivity contribution is 6.23. The molecule has 0 radical (unpaired) electrons. The van der Waals surface area contributed by atoms with E-state index in [0.29, 0.717) is 24.2 Å². The number of hydrogen-bond acceptors (Lipinski definition) is 4. The standard InChI is InChI=1S/C28H38O4/c1-5-7-9-16-22-31-32-28(27(3,4)21-8-6-2,25(29)23-17-12-10-13-18-23)26(30)24-19-14-11-15-20-24/h10-15,17-20H,5-9,16,21-22H2,1-4H3. The molecule has 0 N–H and O–H groups in total. The SMILES string of the molecule is CCCCCCOOC(C(=O)c1ccccc1)(C(=O)c1ccccc1)C(C)(C)CCCC. The number of carbonyl (C=O) groups is 2. The largest absolute Gasteiger partial charge is 0.290 e. The van der Waals surface area contributed by atoms with Crippen LogP contribution in [-0.4, -0.2) is 23.8 Å². The molecule has 4 nitrogen and oxygen atoms in total. The van der Waals surface area contributed by atoms with Gasteiger partial charge in [0.1, 0.15) is 0 Å². The van der Waals surface area contributed by atoms with Crippen LogP contribution in [0.25, 0.3) is 0 Å². The molecule has 0 aromatic heterocycles. The van der Waals surface area contributed by atoms with E-state index in [1.54, 1.807) is 48.5 Å². The Morgan fingerprint density at radius 2 is 1.22 bits per heavy atom. The number of benzene rings is 2. The molecule has 0 bridgehead atoms. The third-order valence-corrected chi connectivity index (χ3v) is 6.09. The number of rotatable bonds is 15. The first-order valence-corrected chi connectivity index (χ1v) is 11.9. The second-order valence-electron chi connectivity index (χ2n) is 9.02. The molecule has 0 aliphatic heterocycles. The fourth-order valence-electron chi connectivity index (χ4n) is 4.00. The highest BCUT2D eigenvalue weighted by Gasteiger charge is 2.59. The van der Waals surface area contributed by atoms with Crippen molar-refractivity contribution in [1.82, 2.24) is 0 Å². The first-order chi connectivity index (χ1) is 15.4. The maximum atomic E-state index is 14.0. The maximum Gasteiger partial charge on any atom is 0.233 e. The van der Waals surface area contributed by atoms with E-state index in [-0.39, 0.29) is 11.6 Å². The molecule has 0 saturated carbocycles. The van der Waals surface area contributed by atoms with Gasteiger partial charge in [0, 0.05) is 16.5 Å². The van der Waals surface area contributed by atoms with Gasteiger partial charge in [-0.3, -0.25) is 9.59 Å². The predicted octanol–water partition coefficient (Wildman–Crippen LogP) is 7.24. The van der Waals surface area contributed by atoms with Gasteiger partial charge in [-0.2, -0.15) is 0 Å². The van der Waals surface area contributed by atoms with Gasteiger partial charge in [0.2, 0.25) is 17.2 Å². The van der Waals surface area contributed by atoms with Crippen LogP contribution in [0, 0.1) is 5.41 Å². The average Bonchev–Trinajstić information content (AvgIpc) is 2.82. The molecule has 0 aliphatic carbocycles. The molecule has 174 valence electrons. The Morgan fingerprint density at radius 3 is 1.69 bits per heavy atom. The molecule has 0 saturated heterocycles. The zero-order valence-electron chi connectivity index (χ0n) is 20.1. The Labute approximate surface area is 193 Å². The summed E-state index contributed by atoms with van der Waals surface area (Å²) in [6.45, 7) is 8.46. The van der Waals surface area contributed by atoms with Crippen molar-refractivity contribution in [3.05, 3.63) is 71.8 Å². The van der Waals surface area contributed by atoms with Gasteiger partial charge in [-0.15, -0.1) is 0 Å². The fourth-order valence-corrected chi connectivity index (χ4v) is 4.00. The fraction of sp³-hybridized carbons (Fsp3) is 0.500. The predicted molar refractivity (Wildman–Crippen MR) is 129 cm³/mol. The lowest BCUT2D eigenvalue weighted by Gasteiger charge is -2.42. The molecule has 2 aromatic rings. The Balaban J connectivity index is 2.52. The Hall–Kier alpha value is -2.30. The summed E-state index contributed by atoms with van der Waals surface area (Å²) in [6.07, 6.45) is 6.55. The summed E-state index contributed by atoms with van der Waals surface area (Å²) in [6, 6.07) is 17.8. The number of carbonyl (C=O) groups excluding carboxylic acids is 2. The van der Waals surface area contributed by atoms with Crippen molar-refractivity contribution in [2.45, 2.75) is 78.2 Å². The lowest BCUT2D eigenvalue weighted by Crippen LogP contribution is -2.59. The molecule has 0 amide bonds. The van der Waals surface area contributed by atoms with Gasteiger partial charge in [0.25, 0.3) is 0 Å². The van der Waals surface area contributed by atoms with Gasteiger partial charge in [0.05, 0.1) is 6.61 Å². The van der Waals surface area contributed by atoms with Crippen molar-refractivity contribution >= 4 is 11.6 Å². The monoisotopic (exact) mass is 438 g/mol.